The Hall–Kier alpha value is -0.620. The summed E-state index contributed by atoms with van der Waals surface area (Å²) in [5, 5.41) is 9.69. The lowest BCUT2D eigenvalue weighted by Crippen LogP contribution is -2.38. The first kappa shape index (κ1) is 16.7. The molecule has 4 nitrogen and oxygen atoms in total. The normalized spacial score (nSPS) is 17.4. The molecule has 1 saturated carbocycles. The lowest BCUT2D eigenvalue weighted by Gasteiger charge is -2.31. The van der Waals surface area contributed by atoms with Gasteiger partial charge in [-0.25, -0.2) is 8.42 Å². The molecule has 0 bridgehead atoms. The van der Waals surface area contributed by atoms with Crippen molar-refractivity contribution in [3.8, 4) is 0 Å². The highest BCUT2D eigenvalue weighted by Crippen LogP contribution is 2.30. The molecule has 1 aliphatic carbocycles. The fourth-order valence-corrected chi connectivity index (χ4v) is 4.95. The van der Waals surface area contributed by atoms with E-state index in [1.807, 2.05) is 0 Å². The molecule has 6 heteroatoms. The molecule has 0 saturated heterocycles. The molecule has 21 heavy (non-hydrogen) atoms. The van der Waals surface area contributed by atoms with Crippen LogP contribution in [0.25, 0.3) is 0 Å². The number of hydrogen-bond donors (Lipinski definition) is 1. The molecule has 118 valence electrons. The molecule has 0 aliphatic heterocycles. The highest BCUT2D eigenvalue weighted by Gasteiger charge is 2.30. The van der Waals surface area contributed by atoms with Crippen molar-refractivity contribution in [1.29, 1.82) is 0 Å². The zero-order chi connectivity index (χ0) is 15.6. The second-order valence-corrected chi connectivity index (χ2v) is 8.06. The quantitative estimate of drug-likeness (QED) is 0.922. The minimum absolute atomic E-state index is 0.0553. The van der Waals surface area contributed by atoms with Crippen LogP contribution in [0, 0.1) is 6.92 Å². The molecule has 0 amide bonds. The van der Waals surface area contributed by atoms with Gasteiger partial charge in [0.25, 0.3) is 0 Å². The Morgan fingerprint density at radius 2 is 1.90 bits per heavy atom. The van der Waals surface area contributed by atoms with Crippen molar-refractivity contribution in [3.63, 3.8) is 0 Å². The predicted octanol–water partition coefficient (Wildman–Crippen LogP) is 3.09. The second-order valence-electron chi connectivity index (χ2n) is 5.66. The molecule has 0 atom stereocenters. The lowest BCUT2D eigenvalue weighted by atomic mass is 9.96. The number of aliphatic hydroxyl groups excluding tert-OH is 1. The molecule has 0 unspecified atom stereocenters. The van der Waals surface area contributed by atoms with E-state index >= 15 is 0 Å². The van der Waals surface area contributed by atoms with Crippen LogP contribution in [0.1, 0.15) is 43.2 Å². The Labute approximate surface area is 131 Å². The number of aliphatic hydroxyl groups is 1. The maximum atomic E-state index is 12.9. The molecule has 1 aliphatic rings. The first-order chi connectivity index (χ1) is 9.87. The summed E-state index contributed by atoms with van der Waals surface area (Å²) in [4.78, 5) is 0.201. The van der Waals surface area contributed by atoms with Gasteiger partial charge in [-0.3, -0.25) is 0 Å². The second kappa shape index (κ2) is 6.65. The number of hydrogen-bond acceptors (Lipinski definition) is 3. The van der Waals surface area contributed by atoms with Crippen LogP contribution in [-0.2, 0) is 16.6 Å². The Morgan fingerprint density at radius 1 is 1.29 bits per heavy atom. The summed E-state index contributed by atoms with van der Waals surface area (Å²) in [5.41, 5.74) is 1.13. The average molecular weight is 332 g/mol. The monoisotopic (exact) mass is 331 g/mol. The summed E-state index contributed by atoms with van der Waals surface area (Å²) >= 11 is 6.00. The van der Waals surface area contributed by atoms with Crippen molar-refractivity contribution in [1.82, 2.24) is 4.31 Å². The van der Waals surface area contributed by atoms with Gasteiger partial charge in [-0.05, 0) is 43.0 Å². The summed E-state index contributed by atoms with van der Waals surface area (Å²) in [6, 6.07) is 3.14. The smallest absolute Gasteiger partial charge is 0.243 e. The largest absolute Gasteiger partial charge is 0.392 e. The summed E-state index contributed by atoms with van der Waals surface area (Å²) in [7, 11) is -1.94. The van der Waals surface area contributed by atoms with E-state index < -0.39 is 10.0 Å². The zero-order valence-corrected chi connectivity index (χ0v) is 14.0. The van der Waals surface area contributed by atoms with E-state index in [9.17, 15) is 13.5 Å². The number of nitrogens with zero attached hydrogens (tertiary/aromatic N) is 1. The van der Waals surface area contributed by atoms with Crippen molar-refractivity contribution >= 4 is 21.6 Å². The summed E-state index contributed by atoms with van der Waals surface area (Å²) in [6.45, 7) is 1.49. The van der Waals surface area contributed by atoms with Crippen molar-refractivity contribution in [2.45, 2.75) is 56.6 Å². The van der Waals surface area contributed by atoms with Gasteiger partial charge in [-0.15, -0.1) is 0 Å². The SMILES string of the molecule is Cc1c(CO)cc(Cl)cc1S(=O)(=O)N(C)C1CCCCC1. The van der Waals surface area contributed by atoms with E-state index in [4.69, 9.17) is 11.6 Å². The minimum atomic E-state index is -3.59. The van der Waals surface area contributed by atoms with Gasteiger partial charge in [0.15, 0.2) is 0 Å². The van der Waals surface area contributed by atoms with E-state index in [0.29, 0.717) is 16.1 Å². The van der Waals surface area contributed by atoms with Crippen LogP contribution in [0.5, 0.6) is 0 Å². The van der Waals surface area contributed by atoms with Crippen LogP contribution >= 0.6 is 11.6 Å². The first-order valence-electron chi connectivity index (χ1n) is 7.26. The Kier molecular flexibility index (Phi) is 5.30. The molecule has 1 N–H and O–H groups in total. The van der Waals surface area contributed by atoms with Crippen molar-refractivity contribution in [3.05, 3.63) is 28.3 Å². The molecule has 0 aromatic heterocycles. The van der Waals surface area contributed by atoms with Crippen LogP contribution in [0.2, 0.25) is 5.02 Å². The molecule has 2 rings (SSSR count). The van der Waals surface area contributed by atoms with Gasteiger partial charge in [0.2, 0.25) is 10.0 Å². The van der Waals surface area contributed by atoms with Crippen LogP contribution in [0.3, 0.4) is 0 Å². The van der Waals surface area contributed by atoms with Gasteiger partial charge in [-0.2, -0.15) is 4.31 Å². The maximum Gasteiger partial charge on any atom is 0.243 e. The van der Waals surface area contributed by atoms with Crippen molar-refractivity contribution in [2.24, 2.45) is 0 Å². The van der Waals surface area contributed by atoms with Crippen LogP contribution < -0.4 is 0 Å². The van der Waals surface area contributed by atoms with E-state index in [2.05, 4.69) is 0 Å². The van der Waals surface area contributed by atoms with E-state index in [1.54, 1.807) is 20.0 Å². The average Bonchev–Trinajstić information content (AvgIpc) is 2.49. The molecule has 0 heterocycles. The van der Waals surface area contributed by atoms with Gasteiger partial charge >= 0.3 is 0 Å². The van der Waals surface area contributed by atoms with E-state index in [-0.39, 0.29) is 17.5 Å². The van der Waals surface area contributed by atoms with E-state index in [0.717, 1.165) is 25.7 Å². The fraction of sp³-hybridized carbons (Fsp3) is 0.600. The fourth-order valence-electron chi connectivity index (χ4n) is 2.94. The van der Waals surface area contributed by atoms with Gasteiger partial charge in [0.05, 0.1) is 11.5 Å². The number of rotatable bonds is 4. The van der Waals surface area contributed by atoms with Gasteiger partial charge in [-0.1, -0.05) is 30.9 Å². The summed E-state index contributed by atoms with van der Waals surface area (Å²) < 4.78 is 27.2. The molecule has 1 aromatic rings. The minimum Gasteiger partial charge on any atom is -0.392 e. The standard InChI is InChI=1S/C15H22ClNO3S/c1-11-12(10-18)8-13(16)9-15(11)21(19,20)17(2)14-6-4-3-5-7-14/h8-9,14,18H,3-7,10H2,1-2H3. The Bertz CT molecular complexity index is 610. The zero-order valence-electron chi connectivity index (χ0n) is 12.5. The number of halogens is 1. The molecular weight excluding hydrogens is 310 g/mol. The van der Waals surface area contributed by atoms with Crippen LogP contribution in [-0.4, -0.2) is 30.9 Å². The van der Waals surface area contributed by atoms with Crippen LogP contribution in [0.15, 0.2) is 17.0 Å². The molecule has 1 fully saturated rings. The maximum absolute atomic E-state index is 12.9. The third-order valence-electron chi connectivity index (χ3n) is 4.35. The Balaban J connectivity index is 2.41. The molecular formula is C15H22ClNO3S. The lowest BCUT2D eigenvalue weighted by molar-refractivity contribution is 0.279. The predicted molar refractivity (Wildman–Crippen MR) is 83.9 cm³/mol. The van der Waals surface area contributed by atoms with Crippen molar-refractivity contribution < 1.29 is 13.5 Å². The Morgan fingerprint density at radius 3 is 2.48 bits per heavy atom. The summed E-state index contributed by atoms with van der Waals surface area (Å²) in [5.74, 6) is 0. The first-order valence-corrected chi connectivity index (χ1v) is 9.07. The van der Waals surface area contributed by atoms with Gasteiger partial charge in [0, 0.05) is 18.1 Å². The van der Waals surface area contributed by atoms with Gasteiger partial charge < -0.3 is 5.11 Å². The van der Waals surface area contributed by atoms with Gasteiger partial charge in [0.1, 0.15) is 0 Å². The topological polar surface area (TPSA) is 57.6 Å². The van der Waals surface area contributed by atoms with Crippen molar-refractivity contribution in [2.75, 3.05) is 7.05 Å². The number of benzene rings is 1. The highest BCUT2D eigenvalue weighted by molar-refractivity contribution is 7.89. The third kappa shape index (κ3) is 3.42. The number of sulfonamides is 1. The molecule has 0 radical (unpaired) electrons. The third-order valence-corrected chi connectivity index (χ3v) is 6.60. The van der Waals surface area contributed by atoms with Crippen LogP contribution in [0.4, 0.5) is 0 Å². The highest BCUT2D eigenvalue weighted by atomic mass is 35.5. The van der Waals surface area contributed by atoms with E-state index in [1.165, 1.54) is 16.8 Å². The molecule has 1 aromatic carbocycles. The summed E-state index contributed by atoms with van der Waals surface area (Å²) in [6.07, 6.45) is 5.13. The molecule has 0 spiro atoms.